The van der Waals surface area contributed by atoms with E-state index in [9.17, 15) is 4.79 Å². The van der Waals surface area contributed by atoms with E-state index in [1.54, 1.807) is 0 Å². The summed E-state index contributed by atoms with van der Waals surface area (Å²) >= 11 is 1.20. The number of hydrogen-bond acceptors (Lipinski definition) is 4. The maximum Gasteiger partial charge on any atom is 0.224 e. The van der Waals surface area contributed by atoms with E-state index in [-0.39, 0.29) is 5.91 Å². The third-order valence-electron chi connectivity index (χ3n) is 2.88. The zero-order valence-corrected chi connectivity index (χ0v) is 10.6. The monoisotopic (exact) mass is 257 g/mol. The first-order valence-corrected chi connectivity index (χ1v) is 6.46. The predicted octanol–water partition coefficient (Wildman–Crippen LogP) is 3.19. The molecule has 0 bridgehead atoms. The number of carbonyl (C=O) groups is 1. The van der Waals surface area contributed by atoms with Crippen molar-refractivity contribution in [2.24, 2.45) is 0 Å². The molecule has 0 aliphatic carbocycles. The molecule has 2 aromatic carbocycles. The van der Waals surface area contributed by atoms with Crippen molar-refractivity contribution in [3.63, 3.8) is 0 Å². The fourth-order valence-corrected chi connectivity index (χ4v) is 2.50. The number of aromatic nitrogens is 2. The first kappa shape index (κ1) is 11.1. The van der Waals surface area contributed by atoms with E-state index >= 15 is 0 Å². The average molecular weight is 257 g/mol. The Balaban J connectivity index is 2.24. The predicted molar refractivity (Wildman–Crippen MR) is 73.8 cm³/mol. The number of nitrogens with one attached hydrogen (secondary N) is 1. The van der Waals surface area contributed by atoms with Crippen LogP contribution in [-0.4, -0.2) is 14.7 Å². The Bertz CT molecular complexity index is 735. The summed E-state index contributed by atoms with van der Waals surface area (Å²) in [5, 5.41) is 4.93. The van der Waals surface area contributed by atoms with Crippen molar-refractivity contribution >= 4 is 45.1 Å². The third kappa shape index (κ3) is 1.73. The number of hydrogen-bond donors (Lipinski definition) is 1. The molecule has 0 aliphatic rings. The summed E-state index contributed by atoms with van der Waals surface area (Å²) in [5.41, 5.74) is 2.62. The van der Waals surface area contributed by atoms with Gasteiger partial charge in [0, 0.05) is 22.9 Å². The minimum atomic E-state index is 0.0130. The zero-order valence-electron chi connectivity index (χ0n) is 9.80. The lowest BCUT2D eigenvalue weighted by atomic mass is 10.1. The molecule has 1 aromatic heterocycles. The van der Waals surface area contributed by atoms with Crippen LogP contribution in [0.25, 0.3) is 21.8 Å². The summed E-state index contributed by atoms with van der Waals surface area (Å²) in [7, 11) is 0. The molecule has 0 saturated heterocycles. The van der Waals surface area contributed by atoms with Gasteiger partial charge in [-0.1, -0.05) is 19.1 Å². The molecule has 0 aliphatic heterocycles. The van der Waals surface area contributed by atoms with Crippen LogP contribution < -0.4 is 5.32 Å². The molecular formula is C13H11N3OS. The second-order valence-corrected chi connectivity index (χ2v) is 4.53. The first-order valence-electron chi connectivity index (χ1n) is 5.73. The Morgan fingerprint density at radius 3 is 2.94 bits per heavy atom. The molecule has 1 amide bonds. The van der Waals surface area contributed by atoms with Gasteiger partial charge in [0.1, 0.15) is 11.0 Å². The Morgan fingerprint density at radius 2 is 2.11 bits per heavy atom. The molecule has 0 unspecified atom stereocenters. The molecule has 3 rings (SSSR count). The van der Waals surface area contributed by atoms with Crippen molar-refractivity contribution in [3.05, 3.63) is 30.3 Å². The van der Waals surface area contributed by atoms with Gasteiger partial charge in [-0.15, -0.1) is 0 Å². The molecule has 0 fully saturated rings. The molecule has 3 aromatic rings. The van der Waals surface area contributed by atoms with Crippen molar-refractivity contribution in [1.29, 1.82) is 0 Å². The molecule has 0 atom stereocenters. The van der Waals surface area contributed by atoms with Gasteiger partial charge < -0.3 is 5.32 Å². The fraction of sp³-hybridized carbons (Fsp3) is 0.154. The average Bonchev–Trinajstić information content (AvgIpc) is 2.87. The van der Waals surface area contributed by atoms with Gasteiger partial charge in [-0.3, -0.25) is 4.79 Å². The van der Waals surface area contributed by atoms with Gasteiger partial charge in [-0.2, -0.15) is 8.75 Å². The molecule has 18 heavy (non-hydrogen) atoms. The summed E-state index contributed by atoms with van der Waals surface area (Å²) in [6, 6.07) is 9.74. The van der Waals surface area contributed by atoms with Crippen LogP contribution in [-0.2, 0) is 4.79 Å². The van der Waals surface area contributed by atoms with Crippen LogP contribution in [0.5, 0.6) is 0 Å². The highest BCUT2D eigenvalue weighted by atomic mass is 32.1. The van der Waals surface area contributed by atoms with Crippen molar-refractivity contribution in [2.75, 3.05) is 5.32 Å². The standard InChI is InChI=1S/C13H11N3OS/c1-2-12(17)14-10-5-3-4-9-8(10)6-7-11-13(9)16-18-15-11/h3-7H,2H2,1H3,(H,14,17). The summed E-state index contributed by atoms with van der Waals surface area (Å²) in [5.74, 6) is 0.0130. The van der Waals surface area contributed by atoms with E-state index in [1.807, 2.05) is 37.3 Å². The minimum Gasteiger partial charge on any atom is -0.326 e. The van der Waals surface area contributed by atoms with E-state index in [1.165, 1.54) is 11.7 Å². The number of fused-ring (bicyclic) bond motifs is 3. The smallest absolute Gasteiger partial charge is 0.224 e. The SMILES string of the molecule is CCC(=O)Nc1cccc2c1ccc1nsnc12. The van der Waals surface area contributed by atoms with E-state index in [0.29, 0.717) is 6.42 Å². The lowest BCUT2D eigenvalue weighted by molar-refractivity contribution is -0.115. The van der Waals surface area contributed by atoms with E-state index in [2.05, 4.69) is 14.1 Å². The number of anilines is 1. The number of rotatable bonds is 2. The maximum absolute atomic E-state index is 11.5. The van der Waals surface area contributed by atoms with Crippen molar-refractivity contribution < 1.29 is 4.79 Å². The Morgan fingerprint density at radius 1 is 1.22 bits per heavy atom. The van der Waals surface area contributed by atoms with Gasteiger partial charge in [0.2, 0.25) is 5.91 Å². The molecule has 1 N–H and O–H groups in total. The number of carbonyl (C=O) groups excluding carboxylic acids is 1. The van der Waals surface area contributed by atoms with Crippen LogP contribution in [0.15, 0.2) is 30.3 Å². The Hall–Kier alpha value is -2.01. The number of amides is 1. The largest absolute Gasteiger partial charge is 0.326 e. The quantitative estimate of drug-likeness (QED) is 0.767. The van der Waals surface area contributed by atoms with Gasteiger partial charge in [0.15, 0.2) is 0 Å². The van der Waals surface area contributed by atoms with Crippen LogP contribution >= 0.6 is 11.7 Å². The van der Waals surface area contributed by atoms with Crippen LogP contribution in [0.2, 0.25) is 0 Å². The highest BCUT2D eigenvalue weighted by Gasteiger charge is 2.08. The normalized spacial score (nSPS) is 10.9. The zero-order chi connectivity index (χ0) is 12.5. The van der Waals surface area contributed by atoms with Gasteiger partial charge in [0.05, 0.1) is 11.7 Å². The molecule has 1 heterocycles. The van der Waals surface area contributed by atoms with Crippen LogP contribution in [0, 0.1) is 0 Å². The molecule has 90 valence electrons. The van der Waals surface area contributed by atoms with E-state index in [4.69, 9.17) is 0 Å². The van der Waals surface area contributed by atoms with Crippen LogP contribution in [0.4, 0.5) is 5.69 Å². The molecular weight excluding hydrogens is 246 g/mol. The molecule has 4 nitrogen and oxygen atoms in total. The second kappa shape index (κ2) is 4.34. The highest BCUT2D eigenvalue weighted by molar-refractivity contribution is 7.00. The van der Waals surface area contributed by atoms with Crippen molar-refractivity contribution in [2.45, 2.75) is 13.3 Å². The summed E-state index contributed by atoms with van der Waals surface area (Å²) < 4.78 is 8.52. The summed E-state index contributed by atoms with van der Waals surface area (Å²) in [4.78, 5) is 11.5. The van der Waals surface area contributed by atoms with E-state index in [0.717, 1.165) is 27.5 Å². The van der Waals surface area contributed by atoms with Crippen molar-refractivity contribution in [3.8, 4) is 0 Å². The minimum absolute atomic E-state index is 0.0130. The third-order valence-corrected chi connectivity index (χ3v) is 3.42. The summed E-state index contributed by atoms with van der Waals surface area (Å²) in [6.07, 6.45) is 0.469. The van der Waals surface area contributed by atoms with Crippen molar-refractivity contribution in [1.82, 2.24) is 8.75 Å². The first-order chi connectivity index (χ1) is 8.79. The van der Waals surface area contributed by atoms with Gasteiger partial charge in [0.25, 0.3) is 0 Å². The van der Waals surface area contributed by atoms with Crippen LogP contribution in [0.3, 0.4) is 0 Å². The second-order valence-electron chi connectivity index (χ2n) is 4.00. The number of benzene rings is 2. The van der Waals surface area contributed by atoms with Gasteiger partial charge >= 0.3 is 0 Å². The molecule has 0 radical (unpaired) electrons. The molecule has 5 heteroatoms. The Labute approximate surface area is 108 Å². The van der Waals surface area contributed by atoms with Gasteiger partial charge in [-0.05, 0) is 18.2 Å². The lowest BCUT2D eigenvalue weighted by Crippen LogP contribution is -2.09. The maximum atomic E-state index is 11.5. The lowest BCUT2D eigenvalue weighted by Gasteiger charge is -2.07. The Kier molecular flexibility index (Phi) is 2.68. The van der Waals surface area contributed by atoms with Gasteiger partial charge in [-0.25, -0.2) is 0 Å². The highest BCUT2D eigenvalue weighted by Crippen LogP contribution is 2.29. The fourth-order valence-electron chi connectivity index (χ4n) is 1.95. The van der Waals surface area contributed by atoms with Crippen LogP contribution in [0.1, 0.15) is 13.3 Å². The molecule has 0 spiro atoms. The molecule has 0 saturated carbocycles. The summed E-state index contributed by atoms with van der Waals surface area (Å²) in [6.45, 7) is 1.84. The number of nitrogens with zero attached hydrogens (tertiary/aromatic N) is 2. The van der Waals surface area contributed by atoms with E-state index < -0.39 is 0 Å². The topological polar surface area (TPSA) is 54.9 Å².